The minimum atomic E-state index is 0.00763. The highest BCUT2D eigenvalue weighted by atomic mass is 16.5. The first-order valence-corrected chi connectivity index (χ1v) is 7.44. The lowest BCUT2D eigenvalue weighted by Crippen LogP contribution is -2.05. The molecule has 1 aliphatic rings. The molecule has 1 fully saturated rings. The normalized spacial score (nSPS) is 26.6. The van der Waals surface area contributed by atoms with Crippen LogP contribution >= 0.6 is 0 Å². The van der Waals surface area contributed by atoms with E-state index < -0.39 is 0 Å². The SMILES string of the molecule is CC1CCCCCCCC(=O)OCCCCC1. The summed E-state index contributed by atoms with van der Waals surface area (Å²) in [5.74, 6) is 0.885. The van der Waals surface area contributed by atoms with Gasteiger partial charge in [0.25, 0.3) is 0 Å². The summed E-state index contributed by atoms with van der Waals surface area (Å²) in [5.41, 5.74) is 0. The first kappa shape index (κ1) is 14.5. The number of cyclic esters (lactones) is 1. The molecule has 100 valence electrons. The Hall–Kier alpha value is -0.530. The highest BCUT2D eigenvalue weighted by Crippen LogP contribution is 2.18. The van der Waals surface area contributed by atoms with E-state index in [1.54, 1.807) is 0 Å². The van der Waals surface area contributed by atoms with Crippen molar-refractivity contribution in [3.8, 4) is 0 Å². The Labute approximate surface area is 106 Å². The molecule has 0 bridgehead atoms. The second-order valence-electron chi connectivity index (χ2n) is 5.48. The molecule has 0 aromatic carbocycles. The van der Waals surface area contributed by atoms with Gasteiger partial charge < -0.3 is 4.74 Å². The van der Waals surface area contributed by atoms with Gasteiger partial charge in [0.1, 0.15) is 0 Å². The maximum absolute atomic E-state index is 11.4. The average Bonchev–Trinajstić information content (AvgIpc) is 2.32. The molecule has 1 saturated heterocycles. The van der Waals surface area contributed by atoms with E-state index in [0.717, 1.165) is 18.8 Å². The van der Waals surface area contributed by atoms with Gasteiger partial charge in [-0.05, 0) is 18.8 Å². The van der Waals surface area contributed by atoms with Gasteiger partial charge in [-0.2, -0.15) is 0 Å². The molecule has 0 aliphatic carbocycles. The van der Waals surface area contributed by atoms with Gasteiger partial charge in [0.2, 0.25) is 0 Å². The van der Waals surface area contributed by atoms with E-state index in [1.165, 1.54) is 51.4 Å². The minimum Gasteiger partial charge on any atom is -0.466 e. The molecule has 1 aliphatic heterocycles. The van der Waals surface area contributed by atoms with Crippen LogP contribution in [-0.2, 0) is 9.53 Å². The summed E-state index contributed by atoms with van der Waals surface area (Å²) in [6.07, 6.45) is 13.1. The fourth-order valence-electron chi connectivity index (χ4n) is 2.47. The number of carbonyl (C=O) groups is 1. The summed E-state index contributed by atoms with van der Waals surface area (Å²) in [7, 11) is 0. The number of ether oxygens (including phenoxy) is 1. The molecule has 2 nitrogen and oxygen atoms in total. The Balaban J connectivity index is 2.21. The Morgan fingerprint density at radius 3 is 2.24 bits per heavy atom. The number of carbonyl (C=O) groups excluding carboxylic acids is 1. The second-order valence-corrected chi connectivity index (χ2v) is 5.48. The number of hydrogen-bond donors (Lipinski definition) is 0. The summed E-state index contributed by atoms with van der Waals surface area (Å²) in [5, 5.41) is 0. The van der Waals surface area contributed by atoms with Crippen LogP contribution in [0.25, 0.3) is 0 Å². The van der Waals surface area contributed by atoms with Crippen molar-refractivity contribution in [1.29, 1.82) is 0 Å². The molecule has 0 saturated carbocycles. The molecule has 2 heteroatoms. The topological polar surface area (TPSA) is 26.3 Å². The second kappa shape index (κ2) is 9.49. The van der Waals surface area contributed by atoms with Crippen LogP contribution in [0.15, 0.2) is 0 Å². The van der Waals surface area contributed by atoms with Crippen molar-refractivity contribution < 1.29 is 9.53 Å². The van der Waals surface area contributed by atoms with Crippen LogP contribution in [0.1, 0.15) is 77.6 Å². The van der Waals surface area contributed by atoms with E-state index in [4.69, 9.17) is 4.74 Å². The molecule has 0 N–H and O–H groups in total. The monoisotopic (exact) mass is 240 g/mol. The number of esters is 1. The van der Waals surface area contributed by atoms with Gasteiger partial charge in [-0.1, -0.05) is 58.3 Å². The molecule has 0 spiro atoms. The van der Waals surface area contributed by atoms with Gasteiger partial charge >= 0.3 is 5.97 Å². The van der Waals surface area contributed by atoms with E-state index in [1.807, 2.05) is 0 Å². The standard InChI is InChI=1S/C15H28O2/c1-14-10-6-3-2-4-8-12-15(16)17-13-9-5-7-11-14/h14H,2-13H2,1H3. The van der Waals surface area contributed by atoms with Crippen LogP contribution in [0, 0.1) is 5.92 Å². The Morgan fingerprint density at radius 2 is 1.47 bits per heavy atom. The summed E-state index contributed by atoms with van der Waals surface area (Å²) in [6, 6.07) is 0. The van der Waals surface area contributed by atoms with Crippen molar-refractivity contribution in [3.63, 3.8) is 0 Å². The zero-order chi connectivity index (χ0) is 12.3. The zero-order valence-corrected chi connectivity index (χ0v) is 11.4. The predicted octanol–water partition coefficient (Wildman–Crippen LogP) is 4.47. The molecule has 0 aromatic heterocycles. The van der Waals surface area contributed by atoms with Crippen LogP contribution in [-0.4, -0.2) is 12.6 Å². The van der Waals surface area contributed by atoms with Gasteiger partial charge in [-0.15, -0.1) is 0 Å². The lowest BCUT2D eigenvalue weighted by molar-refractivity contribution is -0.143. The van der Waals surface area contributed by atoms with Gasteiger partial charge in [0.15, 0.2) is 0 Å². The van der Waals surface area contributed by atoms with E-state index >= 15 is 0 Å². The first-order valence-electron chi connectivity index (χ1n) is 7.44. The maximum Gasteiger partial charge on any atom is 0.305 e. The van der Waals surface area contributed by atoms with Crippen LogP contribution in [0.2, 0.25) is 0 Å². The lowest BCUT2D eigenvalue weighted by Gasteiger charge is -2.10. The third-order valence-electron chi connectivity index (χ3n) is 3.68. The number of hydrogen-bond acceptors (Lipinski definition) is 2. The van der Waals surface area contributed by atoms with Crippen LogP contribution in [0.4, 0.5) is 0 Å². The lowest BCUT2D eigenvalue weighted by atomic mass is 9.96. The third-order valence-corrected chi connectivity index (χ3v) is 3.68. The van der Waals surface area contributed by atoms with Crippen LogP contribution < -0.4 is 0 Å². The molecule has 17 heavy (non-hydrogen) atoms. The summed E-state index contributed by atoms with van der Waals surface area (Å²) >= 11 is 0. The Bertz CT molecular complexity index is 201. The van der Waals surface area contributed by atoms with Crippen molar-refractivity contribution in [3.05, 3.63) is 0 Å². The zero-order valence-electron chi connectivity index (χ0n) is 11.4. The molecule has 1 atom stereocenters. The van der Waals surface area contributed by atoms with E-state index in [0.29, 0.717) is 13.0 Å². The van der Waals surface area contributed by atoms with Crippen molar-refractivity contribution in [1.82, 2.24) is 0 Å². The molecule has 1 unspecified atom stereocenters. The molecule has 1 heterocycles. The van der Waals surface area contributed by atoms with E-state index in [2.05, 4.69) is 6.92 Å². The average molecular weight is 240 g/mol. The predicted molar refractivity (Wildman–Crippen MR) is 70.9 cm³/mol. The van der Waals surface area contributed by atoms with Crippen LogP contribution in [0.5, 0.6) is 0 Å². The largest absolute Gasteiger partial charge is 0.466 e. The van der Waals surface area contributed by atoms with Crippen molar-refractivity contribution >= 4 is 5.97 Å². The summed E-state index contributed by atoms with van der Waals surface area (Å²) in [4.78, 5) is 11.4. The van der Waals surface area contributed by atoms with E-state index in [-0.39, 0.29) is 5.97 Å². The smallest absolute Gasteiger partial charge is 0.305 e. The molecule has 1 rings (SSSR count). The molecule has 0 amide bonds. The van der Waals surface area contributed by atoms with Gasteiger partial charge in [0.05, 0.1) is 6.61 Å². The number of rotatable bonds is 0. The van der Waals surface area contributed by atoms with E-state index in [9.17, 15) is 4.79 Å². The highest BCUT2D eigenvalue weighted by molar-refractivity contribution is 5.69. The van der Waals surface area contributed by atoms with Gasteiger partial charge in [0, 0.05) is 6.42 Å². The van der Waals surface area contributed by atoms with Gasteiger partial charge in [-0.3, -0.25) is 4.79 Å². The molecule has 0 aromatic rings. The maximum atomic E-state index is 11.4. The summed E-state index contributed by atoms with van der Waals surface area (Å²) in [6.45, 7) is 3.01. The fourth-order valence-corrected chi connectivity index (χ4v) is 2.47. The highest BCUT2D eigenvalue weighted by Gasteiger charge is 2.05. The van der Waals surface area contributed by atoms with Gasteiger partial charge in [-0.25, -0.2) is 0 Å². The third kappa shape index (κ3) is 8.23. The molecular formula is C15H28O2. The van der Waals surface area contributed by atoms with Crippen molar-refractivity contribution in [2.75, 3.05) is 6.61 Å². The van der Waals surface area contributed by atoms with Crippen molar-refractivity contribution in [2.24, 2.45) is 5.92 Å². The van der Waals surface area contributed by atoms with Crippen molar-refractivity contribution in [2.45, 2.75) is 77.6 Å². The Morgan fingerprint density at radius 1 is 0.882 bits per heavy atom. The molecular weight excluding hydrogens is 212 g/mol. The minimum absolute atomic E-state index is 0.00763. The fraction of sp³-hybridized carbons (Fsp3) is 0.933. The van der Waals surface area contributed by atoms with Crippen LogP contribution in [0.3, 0.4) is 0 Å². The Kier molecular flexibility index (Phi) is 8.12. The summed E-state index contributed by atoms with van der Waals surface area (Å²) < 4.78 is 5.21. The first-order chi connectivity index (χ1) is 8.29. The molecule has 0 radical (unpaired) electrons. The quantitative estimate of drug-likeness (QED) is 0.584.